The molecule has 0 saturated carbocycles. The summed E-state index contributed by atoms with van der Waals surface area (Å²) in [5.41, 5.74) is 1.75. The average Bonchev–Trinajstić information content (AvgIpc) is 2.64. The molecule has 3 aromatic rings. The van der Waals surface area contributed by atoms with Crippen molar-refractivity contribution in [3.8, 4) is 5.75 Å². The fraction of sp³-hybridized carbons (Fsp3) is 0.0500. The van der Waals surface area contributed by atoms with Crippen molar-refractivity contribution in [2.45, 2.75) is 11.8 Å². The Bertz CT molecular complexity index is 1060. The van der Waals surface area contributed by atoms with E-state index in [1.54, 1.807) is 24.3 Å². The third kappa shape index (κ3) is 4.71. The Labute approximate surface area is 156 Å². The zero-order valence-electron chi connectivity index (χ0n) is 14.4. The van der Waals surface area contributed by atoms with E-state index in [0.29, 0.717) is 10.3 Å². The fourth-order valence-corrected chi connectivity index (χ4v) is 3.22. The van der Waals surface area contributed by atoms with Crippen LogP contribution in [0.4, 0.5) is 10.1 Å². The van der Waals surface area contributed by atoms with Gasteiger partial charge in [0.05, 0.1) is 0 Å². The molecular weight excluding hydrogens is 369 g/mol. The number of halogens is 1. The van der Waals surface area contributed by atoms with Gasteiger partial charge in [-0.1, -0.05) is 17.7 Å². The zero-order valence-corrected chi connectivity index (χ0v) is 15.2. The lowest BCUT2D eigenvalue weighted by molar-refractivity contribution is -0.354. The number of rotatable bonds is 5. The zero-order chi connectivity index (χ0) is 19.4. The first-order valence-corrected chi connectivity index (χ1v) is 9.42. The molecular formula is C20H16FNO4S. The Balaban J connectivity index is 1.76. The van der Waals surface area contributed by atoms with Crippen molar-refractivity contribution in [3.05, 3.63) is 94.9 Å². The van der Waals surface area contributed by atoms with Crippen molar-refractivity contribution in [1.29, 1.82) is 0 Å². The molecule has 0 aliphatic heterocycles. The first-order valence-electron chi connectivity index (χ1n) is 8.01. The topological polar surface area (TPSA) is 69.4 Å². The Kier molecular flexibility index (Phi) is 5.23. The van der Waals surface area contributed by atoms with Gasteiger partial charge < -0.3 is 9.39 Å². The quantitative estimate of drug-likeness (QED) is 0.217. The highest BCUT2D eigenvalue weighted by Crippen LogP contribution is 2.19. The van der Waals surface area contributed by atoms with Crippen molar-refractivity contribution < 1.29 is 21.7 Å². The molecule has 0 atom stereocenters. The molecule has 0 spiro atoms. The number of benzene rings is 3. The van der Waals surface area contributed by atoms with Crippen LogP contribution in [-0.2, 0) is 10.1 Å². The Morgan fingerprint density at radius 1 is 0.926 bits per heavy atom. The van der Waals surface area contributed by atoms with Crippen molar-refractivity contribution >= 4 is 22.0 Å². The van der Waals surface area contributed by atoms with Crippen LogP contribution < -0.4 is 4.18 Å². The highest BCUT2D eigenvalue weighted by molar-refractivity contribution is 7.87. The molecule has 0 amide bonds. The van der Waals surface area contributed by atoms with Crippen LogP contribution in [0, 0.1) is 17.9 Å². The van der Waals surface area contributed by atoms with E-state index in [0.717, 1.165) is 5.56 Å². The molecule has 0 fully saturated rings. The second-order valence-electron chi connectivity index (χ2n) is 5.85. The van der Waals surface area contributed by atoms with Gasteiger partial charge in [0.1, 0.15) is 16.5 Å². The largest absolute Gasteiger partial charge is 0.618 e. The Hall–Kier alpha value is -3.19. The third-order valence-electron chi connectivity index (χ3n) is 3.74. The summed E-state index contributed by atoms with van der Waals surface area (Å²) in [5, 5.41) is 12.1. The molecule has 0 bridgehead atoms. The number of hydrogen-bond donors (Lipinski definition) is 0. The van der Waals surface area contributed by atoms with E-state index < -0.39 is 15.9 Å². The van der Waals surface area contributed by atoms with Gasteiger partial charge in [0.15, 0.2) is 6.21 Å². The third-order valence-corrected chi connectivity index (χ3v) is 5.00. The maximum atomic E-state index is 12.9. The Morgan fingerprint density at radius 2 is 1.52 bits per heavy atom. The van der Waals surface area contributed by atoms with Gasteiger partial charge in [-0.2, -0.15) is 13.2 Å². The molecule has 0 aromatic heterocycles. The summed E-state index contributed by atoms with van der Waals surface area (Å²) in [7, 11) is -3.93. The van der Waals surface area contributed by atoms with Crippen LogP contribution in [0.5, 0.6) is 5.75 Å². The predicted molar refractivity (Wildman–Crippen MR) is 100 cm³/mol. The lowest BCUT2D eigenvalue weighted by Crippen LogP contribution is -2.09. The lowest BCUT2D eigenvalue weighted by Gasteiger charge is -2.07. The van der Waals surface area contributed by atoms with Crippen LogP contribution in [0.3, 0.4) is 0 Å². The van der Waals surface area contributed by atoms with Crippen LogP contribution in [0.2, 0.25) is 0 Å². The summed E-state index contributed by atoms with van der Waals surface area (Å²) in [4.78, 5) is 0.0609. The van der Waals surface area contributed by atoms with Crippen LogP contribution >= 0.6 is 0 Å². The van der Waals surface area contributed by atoms with Crippen LogP contribution in [0.1, 0.15) is 11.1 Å². The predicted octanol–water partition coefficient (Wildman–Crippen LogP) is 4.16. The second kappa shape index (κ2) is 7.59. The highest BCUT2D eigenvalue weighted by Gasteiger charge is 2.16. The molecule has 0 N–H and O–H groups in total. The average molecular weight is 385 g/mol. The SMILES string of the molecule is Cc1ccc(S(=O)(=O)Oc2ccc(/C=[N+](\[O-])c3ccc(F)cc3)cc2)cc1. The van der Waals surface area contributed by atoms with Crippen molar-refractivity contribution in [2.24, 2.45) is 0 Å². The molecule has 0 unspecified atom stereocenters. The lowest BCUT2D eigenvalue weighted by atomic mass is 10.2. The maximum Gasteiger partial charge on any atom is 0.339 e. The molecule has 0 aliphatic carbocycles. The minimum atomic E-state index is -3.93. The fourth-order valence-electron chi connectivity index (χ4n) is 2.29. The summed E-state index contributed by atoms with van der Waals surface area (Å²) in [6.45, 7) is 1.86. The van der Waals surface area contributed by atoms with Gasteiger partial charge in [-0.15, -0.1) is 0 Å². The molecule has 0 radical (unpaired) electrons. The summed E-state index contributed by atoms with van der Waals surface area (Å²) in [6, 6.07) is 17.5. The van der Waals surface area contributed by atoms with E-state index in [2.05, 4.69) is 0 Å². The molecule has 0 aliphatic rings. The normalized spacial score (nSPS) is 12.0. The molecule has 138 valence electrons. The molecule has 0 saturated heterocycles. The maximum absolute atomic E-state index is 12.9. The first-order chi connectivity index (χ1) is 12.8. The van der Waals surface area contributed by atoms with Crippen molar-refractivity contribution in [1.82, 2.24) is 0 Å². The molecule has 5 nitrogen and oxygen atoms in total. The van der Waals surface area contributed by atoms with Crippen LogP contribution in [0.25, 0.3) is 0 Å². The number of hydrogen-bond acceptors (Lipinski definition) is 4. The van der Waals surface area contributed by atoms with E-state index in [9.17, 15) is 18.0 Å². The van der Waals surface area contributed by atoms with E-state index in [1.807, 2.05) is 6.92 Å². The number of nitrogens with zero attached hydrogens (tertiary/aromatic N) is 1. The molecule has 3 rings (SSSR count). The van der Waals surface area contributed by atoms with E-state index >= 15 is 0 Å². The first kappa shape index (κ1) is 18.6. The van der Waals surface area contributed by atoms with Gasteiger partial charge in [0, 0.05) is 17.7 Å². The number of aryl methyl sites for hydroxylation is 1. The van der Waals surface area contributed by atoms with E-state index in [1.165, 1.54) is 54.7 Å². The monoisotopic (exact) mass is 385 g/mol. The standard InChI is InChI=1S/C20H16FNO4S/c1-15-2-12-20(13-3-15)27(24,25)26-19-10-4-16(5-11-19)14-22(23)18-8-6-17(21)7-9-18/h2-14H,1H3/b22-14-. The molecule has 27 heavy (non-hydrogen) atoms. The molecule has 0 heterocycles. The smallest absolute Gasteiger partial charge is 0.339 e. The van der Waals surface area contributed by atoms with Crippen molar-refractivity contribution in [2.75, 3.05) is 0 Å². The highest BCUT2D eigenvalue weighted by atomic mass is 32.2. The van der Waals surface area contributed by atoms with Gasteiger partial charge >= 0.3 is 10.1 Å². The van der Waals surface area contributed by atoms with Gasteiger partial charge in [0.2, 0.25) is 5.69 Å². The van der Waals surface area contributed by atoms with Crippen LogP contribution in [0.15, 0.2) is 77.7 Å². The Morgan fingerprint density at radius 3 is 2.11 bits per heavy atom. The molecule has 3 aromatic carbocycles. The minimum Gasteiger partial charge on any atom is -0.618 e. The van der Waals surface area contributed by atoms with Crippen LogP contribution in [-0.4, -0.2) is 19.4 Å². The van der Waals surface area contributed by atoms with E-state index in [4.69, 9.17) is 4.18 Å². The summed E-state index contributed by atoms with van der Waals surface area (Å²) in [6.07, 6.45) is 1.30. The minimum absolute atomic E-state index is 0.0609. The summed E-state index contributed by atoms with van der Waals surface area (Å²) in [5.74, 6) is -0.296. The van der Waals surface area contributed by atoms with Gasteiger partial charge in [0.25, 0.3) is 0 Å². The van der Waals surface area contributed by atoms with Crippen molar-refractivity contribution in [3.63, 3.8) is 0 Å². The second-order valence-corrected chi connectivity index (χ2v) is 7.40. The van der Waals surface area contributed by atoms with Gasteiger partial charge in [-0.05, 0) is 55.5 Å². The molecule has 7 heteroatoms. The summed E-state index contributed by atoms with van der Waals surface area (Å²) < 4.78 is 43.1. The van der Waals surface area contributed by atoms with Gasteiger partial charge in [-0.3, -0.25) is 0 Å². The van der Waals surface area contributed by atoms with Gasteiger partial charge in [-0.25, -0.2) is 4.39 Å². The summed E-state index contributed by atoms with van der Waals surface area (Å²) >= 11 is 0. The van der Waals surface area contributed by atoms with E-state index in [-0.39, 0.29) is 16.3 Å².